The fraction of sp³-hybridized carbons (Fsp3) is 0.267. The van der Waals surface area contributed by atoms with E-state index < -0.39 is 0 Å². The van der Waals surface area contributed by atoms with Gasteiger partial charge in [-0.15, -0.1) is 0 Å². The van der Waals surface area contributed by atoms with Gasteiger partial charge in [-0.05, 0) is 62.5 Å². The Bertz CT molecular complexity index is 597. The van der Waals surface area contributed by atoms with Crippen LogP contribution in [0.4, 0.5) is 5.69 Å². The summed E-state index contributed by atoms with van der Waals surface area (Å²) in [4.78, 5) is 4.33. The zero-order chi connectivity index (χ0) is 15.2. The maximum absolute atomic E-state index is 5.86. The molecule has 3 nitrogen and oxygen atoms in total. The lowest BCUT2D eigenvalue weighted by molar-refractivity contribution is 0.297. The Morgan fingerprint density at radius 3 is 2.52 bits per heavy atom. The molecule has 0 saturated heterocycles. The first-order valence-corrected chi connectivity index (χ1v) is 8.94. The van der Waals surface area contributed by atoms with E-state index >= 15 is 0 Å². The predicted molar refractivity (Wildman–Crippen MR) is 96.9 cm³/mol. The number of anilines is 1. The van der Waals surface area contributed by atoms with Crippen LogP contribution in [0.15, 0.2) is 43.9 Å². The second-order valence-corrected chi connectivity index (χ2v) is 7.07. The van der Waals surface area contributed by atoms with E-state index in [4.69, 9.17) is 4.74 Å². The van der Waals surface area contributed by atoms with Crippen LogP contribution in [0, 0.1) is 0 Å². The van der Waals surface area contributed by atoms with Gasteiger partial charge in [0.05, 0.1) is 14.6 Å². The minimum atomic E-state index is 0.417. The molecule has 1 aromatic carbocycles. The molecule has 21 heavy (non-hydrogen) atoms. The Morgan fingerprint density at radius 1 is 1.14 bits per heavy atom. The van der Waals surface area contributed by atoms with E-state index in [0.717, 1.165) is 43.5 Å². The first kappa shape index (κ1) is 16.8. The van der Waals surface area contributed by atoms with Crippen molar-refractivity contribution < 1.29 is 4.74 Å². The highest BCUT2D eigenvalue weighted by molar-refractivity contribution is 9.11. The van der Waals surface area contributed by atoms with Crippen molar-refractivity contribution in [3.8, 4) is 5.75 Å². The normalized spacial score (nSPS) is 10.5. The summed E-state index contributed by atoms with van der Waals surface area (Å²) in [6, 6.07) is 7.88. The Morgan fingerprint density at radius 2 is 1.86 bits per heavy atom. The van der Waals surface area contributed by atoms with E-state index in [0.29, 0.717) is 6.61 Å². The maximum atomic E-state index is 5.86. The van der Waals surface area contributed by atoms with Crippen molar-refractivity contribution in [3.05, 3.63) is 49.6 Å². The highest BCUT2D eigenvalue weighted by Gasteiger charge is 2.09. The molecule has 0 aliphatic carbocycles. The van der Waals surface area contributed by atoms with Gasteiger partial charge in [0, 0.05) is 22.9 Å². The standard InChI is InChI=1S/C15H15Br3N2O/c1-2-4-19-11-3-5-20-12(8-11)9-21-15-13(17)6-10(16)7-14(15)18/h3,5-8H,2,4,9H2,1H3,(H,19,20). The van der Waals surface area contributed by atoms with Crippen LogP contribution in [0.3, 0.4) is 0 Å². The van der Waals surface area contributed by atoms with Crippen LogP contribution in [0.5, 0.6) is 5.75 Å². The van der Waals surface area contributed by atoms with Crippen molar-refractivity contribution in [3.63, 3.8) is 0 Å². The molecule has 0 saturated carbocycles. The van der Waals surface area contributed by atoms with Crippen molar-refractivity contribution in [1.29, 1.82) is 0 Å². The van der Waals surface area contributed by atoms with Crippen LogP contribution in [-0.4, -0.2) is 11.5 Å². The molecule has 0 aliphatic rings. The lowest BCUT2D eigenvalue weighted by atomic mass is 10.3. The second kappa shape index (κ2) is 8.15. The molecule has 1 heterocycles. The molecule has 112 valence electrons. The lowest BCUT2D eigenvalue weighted by Crippen LogP contribution is -2.03. The van der Waals surface area contributed by atoms with E-state index in [-0.39, 0.29) is 0 Å². The van der Waals surface area contributed by atoms with Crippen LogP contribution in [0.1, 0.15) is 19.0 Å². The van der Waals surface area contributed by atoms with Gasteiger partial charge in [0.25, 0.3) is 0 Å². The number of halogens is 3. The maximum Gasteiger partial charge on any atom is 0.148 e. The number of nitrogens with one attached hydrogen (secondary N) is 1. The summed E-state index contributed by atoms with van der Waals surface area (Å²) in [6.45, 7) is 3.51. The predicted octanol–water partition coefficient (Wildman–Crippen LogP) is 5.77. The smallest absolute Gasteiger partial charge is 0.148 e. The first-order valence-electron chi connectivity index (χ1n) is 6.56. The molecule has 1 N–H and O–H groups in total. The van der Waals surface area contributed by atoms with Crippen molar-refractivity contribution in [1.82, 2.24) is 4.98 Å². The van der Waals surface area contributed by atoms with Crippen LogP contribution in [0.25, 0.3) is 0 Å². The summed E-state index contributed by atoms with van der Waals surface area (Å²) in [6.07, 6.45) is 2.88. The molecule has 0 amide bonds. The molecule has 2 rings (SSSR count). The summed E-state index contributed by atoms with van der Waals surface area (Å²) in [5.41, 5.74) is 1.96. The zero-order valence-corrected chi connectivity index (χ0v) is 16.3. The van der Waals surface area contributed by atoms with Crippen molar-refractivity contribution in [2.45, 2.75) is 20.0 Å². The summed E-state index contributed by atoms with van der Waals surface area (Å²) in [5, 5.41) is 3.34. The lowest BCUT2D eigenvalue weighted by Gasteiger charge is -2.11. The monoisotopic (exact) mass is 476 g/mol. The average Bonchev–Trinajstić information content (AvgIpc) is 2.44. The van der Waals surface area contributed by atoms with E-state index in [9.17, 15) is 0 Å². The molecule has 0 bridgehead atoms. The average molecular weight is 479 g/mol. The van der Waals surface area contributed by atoms with Gasteiger partial charge in [0.15, 0.2) is 0 Å². The summed E-state index contributed by atoms with van der Waals surface area (Å²) in [5.74, 6) is 0.770. The molecule has 0 radical (unpaired) electrons. The van der Waals surface area contributed by atoms with E-state index in [1.807, 2.05) is 24.3 Å². The number of hydrogen-bond acceptors (Lipinski definition) is 3. The van der Waals surface area contributed by atoms with Crippen molar-refractivity contribution in [2.24, 2.45) is 0 Å². The minimum absolute atomic E-state index is 0.417. The fourth-order valence-electron chi connectivity index (χ4n) is 1.75. The third-order valence-corrected chi connectivity index (χ3v) is 4.36. The second-order valence-electron chi connectivity index (χ2n) is 4.45. The van der Waals surface area contributed by atoms with Gasteiger partial charge in [-0.1, -0.05) is 22.9 Å². The molecule has 0 fully saturated rings. The van der Waals surface area contributed by atoms with Crippen LogP contribution in [-0.2, 0) is 6.61 Å². The zero-order valence-electron chi connectivity index (χ0n) is 11.5. The van der Waals surface area contributed by atoms with Crippen LogP contribution in [0.2, 0.25) is 0 Å². The van der Waals surface area contributed by atoms with Gasteiger partial charge in [-0.3, -0.25) is 4.98 Å². The van der Waals surface area contributed by atoms with Gasteiger partial charge < -0.3 is 10.1 Å². The molecular formula is C15H15Br3N2O. The van der Waals surface area contributed by atoms with Gasteiger partial charge >= 0.3 is 0 Å². The van der Waals surface area contributed by atoms with Crippen LogP contribution >= 0.6 is 47.8 Å². The third-order valence-electron chi connectivity index (χ3n) is 2.72. The number of hydrogen-bond donors (Lipinski definition) is 1. The van der Waals surface area contributed by atoms with Gasteiger partial charge in [-0.2, -0.15) is 0 Å². The first-order chi connectivity index (χ1) is 10.1. The minimum Gasteiger partial charge on any atom is -0.485 e. The number of aromatic nitrogens is 1. The van der Waals surface area contributed by atoms with Gasteiger partial charge in [-0.25, -0.2) is 0 Å². The van der Waals surface area contributed by atoms with Gasteiger partial charge in [0.1, 0.15) is 12.4 Å². The molecule has 0 aliphatic heterocycles. The molecule has 2 aromatic rings. The van der Waals surface area contributed by atoms with Crippen molar-refractivity contribution in [2.75, 3.05) is 11.9 Å². The number of pyridine rings is 1. The largest absolute Gasteiger partial charge is 0.485 e. The number of rotatable bonds is 6. The van der Waals surface area contributed by atoms with E-state index in [1.165, 1.54) is 0 Å². The molecule has 0 unspecified atom stereocenters. The van der Waals surface area contributed by atoms with E-state index in [1.54, 1.807) is 6.20 Å². The SMILES string of the molecule is CCCNc1ccnc(COc2c(Br)cc(Br)cc2Br)c1. The topological polar surface area (TPSA) is 34.2 Å². The van der Waals surface area contributed by atoms with E-state index in [2.05, 4.69) is 65.0 Å². The number of ether oxygens (including phenoxy) is 1. The third kappa shape index (κ3) is 4.97. The van der Waals surface area contributed by atoms with Gasteiger partial charge in [0.2, 0.25) is 0 Å². The highest BCUT2D eigenvalue weighted by Crippen LogP contribution is 2.36. The molecular weight excluding hydrogens is 464 g/mol. The Labute approximate surface area is 149 Å². The number of nitrogens with zero attached hydrogens (tertiary/aromatic N) is 1. The van der Waals surface area contributed by atoms with Crippen LogP contribution < -0.4 is 10.1 Å². The molecule has 6 heteroatoms. The summed E-state index contributed by atoms with van der Waals surface area (Å²) < 4.78 is 8.63. The summed E-state index contributed by atoms with van der Waals surface area (Å²) in [7, 11) is 0. The number of benzene rings is 1. The fourth-order valence-corrected chi connectivity index (χ4v) is 4.24. The molecule has 0 spiro atoms. The van der Waals surface area contributed by atoms with Crippen molar-refractivity contribution >= 4 is 53.5 Å². The highest BCUT2D eigenvalue weighted by atomic mass is 79.9. The Balaban J connectivity index is 2.06. The molecule has 1 aromatic heterocycles. The molecule has 0 atom stereocenters. The Hall–Kier alpha value is -0.590. The summed E-state index contributed by atoms with van der Waals surface area (Å²) >= 11 is 10.4. The Kier molecular flexibility index (Phi) is 6.51. The quantitative estimate of drug-likeness (QED) is 0.572.